The highest BCUT2D eigenvalue weighted by atomic mass is 19.1. The van der Waals surface area contributed by atoms with Gasteiger partial charge in [-0.2, -0.15) is 5.26 Å². The molecule has 0 spiro atoms. The molecule has 1 saturated heterocycles. The molecule has 1 fully saturated rings. The van der Waals surface area contributed by atoms with Gasteiger partial charge in [0, 0.05) is 24.7 Å². The lowest BCUT2D eigenvalue weighted by Gasteiger charge is -2.27. The quantitative estimate of drug-likeness (QED) is 0.243. The maximum Gasteiger partial charge on any atom is 0.335 e. The van der Waals surface area contributed by atoms with Gasteiger partial charge in [0.2, 0.25) is 5.88 Å². The van der Waals surface area contributed by atoms with Gasteiger partial charge in [-0.25, -0.2) is 19.2 Å². The zero-order valence-corrected chi connectivity index (χ0v) is 25.2. The third-order valence-corrected chi connectivity index (χ3v) is 8.90. The Hall–Kier alpha value is -5.11. The van der Waals surface area contributed by atoms with Gasteiger partial charge in [0.05, 0.1) is 47.2 Å². The largest absolute Gasteiger partial charge is 0.478 e. The number of fused-ring (bicyclic) bond motifs is 7. The van der Waals surface area contributed by atoms with E-state index in [1.165, 1.54) is 6.07 Å². The van der Waals surface area contributed by atoms with Crippen molar-refractivity contribution in [1.82, 2.24) is 14.5 Å². The summed E-state index contributed by atoms with van der Waals surface area (Å²) in [5.74, 6) is -0.858. The average molecular weight is 619 g/mol. The van der Waals surface area contributed by atoms with Crippen molar-refractivity contribution < 1.29 is 28.9 Å². The van der Waals surface area contributed by atoms with Crippen LogP contribution in [0.25, 0.3) is 22.3 Å². The summed E-state index contributed by atoms with van der Waals surface area (Å²) in [6, 6.07) is 19.6. The minimum atomic E-state index is -1.21. The number of ether oxygens (including phenoxy) is 2. The molecule has 2 atom stereocenters. The summed E-state index contributed by atoms with van der Waals surface area (Å²) in [5.41, 5.74) is 6.83. The number of aromatic carboxylic acids is 1. The number of aliphatic hydroxyl groups excluding tert-OH is 1. The van der Waals surface area contributed by atoms with Gasteiger partial charge in [-0.1, -0.05) is 18.2 Å². The third-order valence-electron chi connectivity index (χ3n) is 8.90. The maximum atomic E-state index is 15.2. The number of aliphatic hydroxyl groups is 1. The Balaban J connectivity index is 1.34. The monoisotopic (exact) mass is 618 g/mol. The van der Waals surface area contributed by atoms with E-state index in [0.29, 0.717) is 60.8 Å². The molecule has 2 aromatic heterocycles. The number of halogens is 1. The van der Waals surface area contributed by atoms with Crippen LogP contribution in [0.1, 0.15) is 68.5 Å². The van der Waals surface area contributed by atoms with Gasteiger partial charge >= 0.3 is 5.97 Å². The van der Waals surface area contributed by atoms with E-state index in [-0.39, 0.29) is 23.8 Å². The highest BCUT2D eigenvalue weighted by Gasteiger charge is 2.25. The van der Waals surface area contributed by atoms with Crippen molar-refractivity contribution >= 4 is 17.0 Å². The van der Waals surface area contributed by atoms with Crippen LogP contribution in [-0.2, 0) is 30.7 Å². The molecule has 0 aliphatic carbocycles. The molecule has 2 aliphatic rings. The molecule has 1 unspecified atom stereocenters. The topological polar surface area (TPSA) is 130 Å². The second kappa shape index (κ2) is 12.0. The maximum absolute atomic E-state index is 15.2. The number of nitrogens with zero attached hydrogens (tertiary/aromatic N) is 4. The summed E-state index contributed by atoms with van der Waals surface area (Å²) < 4.78 is 28.8. The van der Waals surface area contributed by atoms with Crippen molar-refractivity contribution in [3.05, 3.63) is 111 Å². The van der Waals surface area contributed by atoms with E-state index in [4.69, 9.17) is 19.4 Å². The molecule has 3 aromatic carbocycles. The predicted molar refractivity (Wildman–Crippen MR) is 167 cm³/mol. The summed E-state index contributed by atoms with van der Waals surface area (Å²) in [4.78, 5) is 21.2. The van der Waals surface area contributed by atoms with Crippen LogP contribution in [0, 0.1) is 24.1 Å². The number of aryl methyl sites for hydroxylation is 2. The predicted octanol–water partition coefficient (Wildman–Crippen LogP) is 6.05. The summed E-state index contributed by atoms with van der Waals surface area (Å²) in [6.07, 6.45) is 1.16. The fourth-order valence-electron chi connectivity index (χ4n) is 6.33. The van der Waals surface area contributed by atoms with Gasteiger partial charge in [0.25, 0.3) is 0 Å². The molecule has 4 bridgehead atoms. The van der Waals surface area contributed by atoms with Crippen LogP contribution in [-0.4, -0.2) is 43.4 Å². The summed E-state index contributed by atoms with van der Waals surface area (Å²) in [6.45, 7) is 3.27. The number of carbonyl (C=O) groups is 1. The number of carboxylic acid groups (broad SMARTS) is 1. The zero-order valence-electron chi connectivity index (χ0n) is 25.2. The molecule has 0 saturated carbocycles. The Kier molecular flexibility index (Phi) is 7.72. The number of rotatable bonds is 5. The van der Waals surface area contributed by atoms with Crippen LogP contribution in [0.3, 0.4) is 0 Å². The Morgan fingerprint density at radius 3 is 2.72 bits per heavy atom. The fourth-order valence-corrected chi connectivity index (χ4v) is 6.33. The Bertz CT molecular complexity index is 2050. The molecule has 2 aliphatic heterocycles. The lowest BCUT2D eigenvalue weighted by atomic mass is 9.90. The van der Waals surface area contributed by atoms with E-state index in [9.17, 15) is 20.3 Å². The normalized spacial score (nSPS) is 17.4. The number of hydrogen-bond donors (Lipinski definition) is 2. The third kappa shape index (κ3) is 5.60. The Morgan fingerprint density at radius 2 is 1.96 bits per heavy atom. The van der Waals surface area contributed by atoms with Crippen molar-refractivity contribution in [3.63, 3.8) is 0 Å². The molecule has 46 heavy (non-hydrogen) atoms. The molecule has 0 radical (unpaired) electrons. The van der Waals surface area contributed by atoms with E-state index in [1.807, 2.05) is 29.7 Å². The molecule has 0 amide bonds. The second-order valence-corrected chi connectivity index (χ2v) is 11.9. The van der Waals surface area contributed by atoms with Gasteiger partial charge < -0.3 is 24.3 Å². The van der Waals surface area contributed by atoms with Gasteiger partial charge in [-0.05, 0) is 90.4 Å². The molecule has 9 nitrogen and oxygen atoms in total. The first kappa shape index (κ1) is 29.6. The highest BCUT2D eigenvalue weighted by Crippen LogP contribution is 2.33. The van der Waals surface area contributed by atoms with Crippen LogP contribution in [0.2, 0.25) is 0 Å². The first-order chi connectivity index (χ1) is 22.3. The number of imidazole rings is 1. The smallest absolute Gasteiger partial charge is 0.335 e. The molecule has 7 rings (SSSR count). The minimum Gasteiger partial charge on any atom is -0.478 e. The summed E-state index contributed by atoms with van der Waals surface area (Å²) >= 11 is 0. The molecular formula is C36H31FN4O5. The lowest BCUT2D eigenvalue weighted by Crippen LogP contribution is -2.31. The molecular weight excluding hydrogens is 587 g/mol. The van der Waals surface area contributed by atoms with Gasteiger partial charge in [-0.3, -0.25) is 0 Å². The van der Waals surface area contributed by atoms with Gasteiger partial charge in [-0.15, -0.1) is 0 Å². The number of benzene rings is 3. The van der Waals surface area contributed by atoms with Gasteiger partial charge in [0.15, 0.2) is 5.82 Å². The number of carboxylic acids is 1. The molecule has 5 aromatic rings. The van der Waals surface area contributed by atoms with Gasteiger partial charge in [0.1, 0.15) is 17.9 Å². The summed E-state index contributed by atoms with van der Waals surface area (Å²) in [7, 11) is 0. The first-order valence-corrected chi connectivity index (χ1v) is 15.2. The fraction of sp³-hybridized carbons (Fsp3) is 0.278. The number of aromatic nitrogens is 3. The minimum absolute atomic E-state index is 0.0696. The zero-order chi connectivity index (χ0) is 31.9. The summed E-state index contributed by atoms with van der Waals surface area (Å²) in [5, 5.41) is 30.6. The van der Waals surface area contributed by atoms with Crippen molar-refractivity contribution in [2.24, 2.45) is 0 Å². The lowest BCUT2D eigenvalue weighted by molar-refractivity contribution is -0.0589. The highest BCUT2D eigenvalue weighted by molar-refractivity contribution is 5.92. The van der Waals surface area contributed by atoms with Crippen molar-refractivity contribution in [2.45, 2.75) is 58.0 Å². The van der Waals surface area contributed by atoms with E-state index < -0.39 is 17.9 Å². The van der Waals surface area contributed by atoms with Crippen LogP contribution in [0.5, 0.6) is 5.88 Å². The standard InChI is InChI=1S/C36H31FN4O5/c1-20-11-24(16-33-40-35-29(37)14-25(36(43)44)15-31(35)41(33)18-26-9-10-45-26)22-7-8-32(42)28-12-21(17-38)5-6-23(28)19-46-34-4-2-3-30(39-34)27(20)13-22/h2-6,11-15,26,32,42H,7-10,16,18-19H2,1H3,(H,43,44)/t26-,32?/m0/s1. The van der Waals surface area contributed by atoms with Crippen LogP contribution >= 0.6 is 0 Å². The average Bonchev–Trinajstić information content (AvgIpc) is 3.38. The van der Waals surface area contributed by atoms with Crippen LogP contribution in [0.15, 0.2) is 60.7 Å². The molecule has 10 heteroatoms. The SMILES string of the molecule is Cc1cc(Cc2nc3c(F)cc(C(=O)O)cc3n2C[C@@H]2CCO2)c2cc1-c1cccc(n1)OCc1ccc(C#N)cc1C(O)CC2. The van der Waals surface area contributed by atoms with Crippen LogP contribution in [0.4, 0.5) is 4.39 Å². The number of nitriles is 1. The molecule has 4 heterocycles. The Morgan fingerprint density at radius 1 is 1.11 bits per heavy atom. The van der Waals surface area contributed by atoms with Crippen molar-refractivity contribution in [3.8, 4) is 23.2 Å². The van der Waals surface area contributed by atoms with Crippen LogP contribution < -0.4 is 4.74 Å². The molecule has 232 valence electrons. The number of pyridine rings is 1. The number of hydrogen-bond acceptors (Lipinski definition) is 7. The van der Waals surface area contributed by atoms with E-state index >= 15 is 4.39 Å². The molecule has 2 N–H and O–H groups in total. The first-order valence-electron chi connectivity index (χ1n) is 15.2. The van der Waals surface area contributed by atoms with E-state index in [0.717, 1.165) is 46.0 Å². The van der Waals surface area contributed by atoms with E-state index in [2.05, 4.69) is 18.2 Å². The Labute approximate surface area is 264 Å². The van der Waals surface area contributed by atoms with Crippen molar-refractivity contribution in [2.75, 3.05) is 6.61 Å². The van der Waals surface area contributed by atoms with E-state index in [1.54, 1.807) is 18.2 Å². The second-order valence-electron chi connectivity index (χ2n) is 11.9. The van der Waals surface area contributed by atoms with Crippen molar-refractivity contribution in [1.29, 1.82) is 5.26 Å².